The van der Waals surface area contributed by atoms with E-state index in [1.54, 1.807) is 0 Å². The van der Waals surface area contributed by atoms with E-state index in [1.807, 2.05) is 6.20 Å². The van der Waals surface area contributed by atoms with Crippen LogP contribution in [-0.4, -0.2) is 68.3 Å². The first-order chi connectivity index (χ1) is 17.5. The number of nitrogens with zero attached hydrogens (tertiary/aromatic N) is 4. The Bertz CT molecular complexity index is 1020. The van der Waals surface area contributed by atoms with Crippen LogP contribution < -0.4 is 10.6 Å². The van der Waals surface area contributed by atoms with Gasteiger partial charge in [-0.1, -0.05) is 19.8 Å². The number of likely N-dealkylation sites (tertiary alicyclic amines) is 1. The van der Waals surface area contributed by atoms with E-state index in [9.17, 15) is 9.90 Å². The van der Waals surface area contributed by atoms with Gasteiger partial charge in [-0.25, -0.2) is 4.98 Å². The highest BCUT2D eigenvalue weighted by molar-refractivity contribution is 5.83. The van der Waals surface area contributed by atoms with Gasteiger partial charge >= 0.3 is 0 Å². The summed E-state index contributed by atoms with van der Waals surface area (Å²) in [6.07, 6.45) is 15.3. The van der Waals surface area contributed by atoms with Crippen LogP contribution in [0.1, 0.15) is 102 Å². The summed E-state index contributed by atoms with van der Waals surface area (Å²) >= 11 is 0. The lowest BCUT2D eigenvalue weighted by atomic mass is 9.89. The van der Waals surface area contributed by atoms with Crippen molar-refractivity contribution in [1.82, 2.24) is 24.8 Å². The summed E-state index contributed by atoms with van der Waals surface area (Å²) in [5.74, 6) is 1.40. The summed E-state index contributed by atoms with van der Waals surface area (Å²) in [6.45, 7) is 6.97. The van der Waals surface area contributed by atoms with E-state index < -0.39 is 0 Å². The number of aliphatic hydroxyl groups excluding tert-OH is 1. The Morgan fingerprint density at radius 2 is 1.94 bits per heavy atom. The summed E-state index contributed by atoms with van der Waals surface area (Å²) in [6, 6.07) is 0.702. The van der Waals surface area contributed by atoms with Crippen LogP contribution in [0.25, 0.3) is 11.0 Å². The third-order valence-electron chi connectivity index (χ3n) is 8.61. The Kier molecular flexibility index (Phi) is 8.11. The molecule has 4 heterocycles. The number of fused-ring (bicyclic) bond motifs is 1. The molecule has 2 aromatic heterocycles. The predicted molar refractivity (Wildman–Crippen MR) is 143 cm³/mol. The minimum Gasteiger partial charge on any atom is -0.393 e. The zero-order chi connectivity index (χ0) is 25.1. The van der Waals surface area contributed by atoms with E-state index in [-0.39, 0.29) is 18.1 Å². The molecular weight excluding hydrogens is 452 g/mol. The van der Waals surface area contributed by atoms with E-state index in [4.69, 9.17) is 9.97 Å². The van der Waals surface area contributed by atoms with Crippen molar-refractivity contribution in [3.8, 4) is 0 Å². The second-order valence-corrected chi connectivity index (χ2v) is 11.3. The molecule has 3 aliphatic rings. The highest BCUT2D eigenvalue weighted by Gasteiger charge is 2.32. The molecule has 1 amide bonds. The number of piperidine rings is 2. The van der Waals surface area contributed by atoms with Crippen molar-refractivity contribution < 1.29 is 9.90 Å². The second-order valence-electron chi connectivity index (χ2n) is 11.3. The molecule has 3 N–H and O–H groups in total. The molecule has 36 heavy (non-hydrogen) atoms. The van der Waals surface area contributed by atoms with E-state index in [0.717, 1.165) is 94.9 Å². The number of nitrogens with one attached hydrogen (secondary N) is 2. The van der Waals surface area contributed by atoms with Crippen LogP contribution in [0.2, 0.25) is 0 Å². The van der Waals surface area contributed by atoms with Crippen molar-refractivity contribution in [2.45, 2.75) is 115 Å². The maximum absolute atomic E-state index is 13.0. The Labute approximate surface area is 215 Å². The lowest BCUT2D eigenvalue weighted by Gasteiger charge is -2.35. The highest BCUT2D eigenvalue weighted by Crippen LogP contribution is 2.38. The molecule has 2 aliphatic heterocycles. The predicted octanol–water partition coefficient (Wildman–Crippen LogP) is 4.36. The molecule has 0 aromatic carbocycles. The van der Waals surface area contributed by atoms with Gasteiger partial charge in [0.2, 0.25) is 11.9 Å². The van der Waals surface area contributed by atoms with Crippen LogP contribution in [-0.2, 0) is 4.79 Å². The maximum Gasteiger partial charge on any atom is 0.239 e. The molecule has 8 heteroatoms. The van der Waals surface area contributed by atoms with Gasteiger partial charge in [0.15, 0.2) is 0 Å². The van der Waals surface area contributed by atoms with E-state index in [0.29, 0.717) is 23.9 Å². The summed E-state index contributed by atoms with van der Waals surface area (Å²) in [4.78, 5) is 24.8. The number of carbonyl (C=O) groups excluding carboxylic acids is 1. The standard InChI is InChI=1S/C28H44N6O2/c1-3-6-19(2)31-28-30-17-23-24(18-34(26(23)32-28)21-8-10-22(35)11-9-21)20-12-15-33(16-13-20)27(36)25-7-4-5-14-29-25/h17-22,25,29,35H,3-16H2,1-2H3,(H,30,31,32)/t19-,21?,22?,25-/m0/s1. The fourth-order valence-corrected chi connectivity index (χ4v) is 6.48. The number of rotatable bonds is 7. The lowest BCUT2D eigenvalue weighted by Crippen LogP contribution is -2.50. The largest absolute Gasteiger partial charge is 0.393 e. The third kappa shape index (κ3) is 5.54. The van der Waals surface area contributed by atoms with E-state index in [2.05, 4.69) is 40.1 Å². The summed E-state index contributed by atoms with van der Waals surface area (Å²) < 4.78 is 2.37. The van der Waals surface area contributed by atoms with Crippen LogP contribution >= 0.6 is 0 Å². The zero-order valence-electron chi connectivity index (χ0n) is 22.1. The van der Waals surface area contributed by atoms with Crippen LogP contribution in [0.15, 0.2) is 12.4 Å². The molecule has 2 atom stereocenters. The summed E-state index contributed by atoms with van der Waals surface area (Å²) in [7, 11) is 0. The molecule has 198 valence electrons. The van der Waals surface area contributed by atoms with Crippen molar-refractivity contribution in [2.75, 3.05) is 25.0 Å². The topological polar surface area (TPSA) is 95.3 Å². The number of hydrogen-bond acceptors (Lipinski definition) is 6. The van der Waals surface area contributed by atoms with Crippen molar-refractivity contribution in [3.05, 3.63) is 18.0 Å². The van der Waals surface area contributed by atoms with Crippen molar-refractivity contribution in [3.63, 3.8) is 0 Å². The molecule has 8 nitrogen and oxygen atoms in total. The van der Waals surface area contributed by atoms with Gasteiger partial charge in [0.05, 0.1) is 12.1 Å². The number of carbonyl (C=O) groups is 1. The summed E-state index contributed by atoms with van der Waals surface area (Å²) in [5, 5.41) is 18.1. The van der Waals surface area contributed by atoms with Gasteiger partial charge in [0.25, 0.3) is 0 Å². The molecular formula is C28H44N6O2. The lowest BCUT2D eigenvalue weighted by molar-refractivity contribution is -0.135. The van der Waals surface area contributed by atoms with Gasteiger partial charge in [0.1, 0.15) is 5.65 Å². The SMILES string of the molecule is CCC[C@H](C)Nc1ncc2c(C3CCN(C(=O)[C@@H]4CCCCN4)CC3)cn(C3CCC(O)CC3)c2n1. The van der Waals surface area contributed by atoms with Gasteiger partial charge in [-0.3, -0.25) is 4.79 Å². The minimum atomic E-state index is -0.176. The number of anilines is 1. The number of aromatic nitrogens is 3. The van der Waals surface area contributed by atoms with Crippen LogP contribution in [0.4, 0.5) is 5.95 Å². The Morgan fingerprint density at radius 3 is 2.64 bits per heavy atom. The van der Waals surface area contributed by atoms with E-state index in [1.165, 1.54) is 12.0 Å². The first kappa shape index (κ1) is 25.5. The third-order valence-corrected chi connectivity index (χ3v) is 8.61. The molecule has 0 spiro atoms. The molecule has 0 radical (unpaired) electrons. The van der Waals surface area contributed by atoms with Crippen LogP contribution in [0.5, 0.6) is 0 Å². The monoisotopic (exact) mass is 496 g/mol. The van der Waals surface area contributed by atoms with Gasteiger partial charge in [-0.15, -0.1) is 0 Å². The summed E-state index contributed by atoms with van der Waals surface area (Å²) in [5.41, 5.74) is 2.34. The second kappa shape index (κ2) is 11.5. The van der Waals surface area contributed by atoms with Crippen molar-refractivity contribution in [1.29, 1.82) is 0 Å². The molecule has 0 unspecified atom stereocenters. The van der Waals surface area contributed by atoms with Gasteiger partial charge in [0, 0.05) is 43.0 Å². The Balaban J connectivity index is 1.36. The van der Waals surface area contributed by atoms with Gasteiger partial charge in [-0.2, -0.15) is 4.98 Å². The average Bonchev–Trinajstić information content (AvgIpc) is 3.28. The Morgan fingerprint density at radius 1 is 1.17 bits per heavy atom. The fourth-order valence-electron chi connectivity index (χ4n) is 6.48. The highest BCUT2D eigenvalue weighted by atomic mass is 16.3. The van der Waals surface area contributed by atoms with E-state index >= 15 is 0 Å². The van der Waals surface area contributed by atoms with Crippen molar-refractivity contribution >= 4 is 22.9 Å². The molecule has 1 aliphatic carbocycles. The number of hydrogen-bond donors (Lipinski definition) is 3. The van der Waals surface area contributed by atoms with Crippen LogP contribution in [0.3, 0.4) is 0 Å². The normalized spacial score (nSPS) is 26.8. The Hall–Kier alpha value is -2.19. The molecule has 1 saturated carbocycles. The molecule has 2 saturated heterocycles. The van der Waals surface area contributed by atoms with Gasteiger partial charge < -0.3 is 25.2 Å². The first-order valence-corrected chi connectivity index (χ1v) is 14.4. The number of amides is 1. The molecule has 5 rings (SSSR count). The average molecular weight is 497 g/mol. The van der Waals surface area contributed by atoms with Gasteiger partial charge in [-0.05, 0) is 82.7 Å². The smallest absolute Gasteiger partial charge is 0.239 e. The molecule has 0 bridgehead atoms. The maximum atomic E-state index is 13.0. The first-order valence-electron chi connectivity index (χ1n) is 14.4. The zero-order valence-corrected chi connectivity index (χ0v) is 22.1. The fraction of sp³-hybridized carbons (Fsp3) is 0.750. The minimum absolute atomic E-state index is 0.00767. The number of aliphatic hydroxyl groups is 1. The van der Waals surface area contributed by atoms with Crippen LogP contribution in [0, 0.1) is 0 Å². The molecule has 3 fully saturated rings. The molecule has 2 aromatic rings. The quantitative estimate of drug-likeness (QED) is 0.527. The van der Waals surface area contributed by atoms with Crippen molar-refractivity contribution in [2.24, 2.45) is 0 Å².